The summed E-state index contributed by atoms with van der Waals surface area (Å²) in [5.41, 5.74) is 1.01. The van der Waals surface area contributed by atoms with E-state index in [4.69, 9.17) is 0 Å². The highest BCUT2D eigenvalue weighted by molar-refractivity contribution is 5.39. The van der Waals surface area contributed by atoms with Gasteiger partial charge < -0.3 is 0 Å². The van der Waals surface area contributed by atoms with E-state index in [1.54, 1.807) is 6.92 Å². The molecule has 0 heterocycles. The van der Waals surface area contributed by atoms with Crippen LogP contribution in [0.5, 0.6) is 0 Å². The smallest absolute Gasteiger partial charge is 0.0960 e. The molecule has 11 heavy (non-hydrogen) atoms. The molecule has 1 rings (SSSR count). The molecule has 0 N–H and O–H groups in total. The van der Waals surface area contributed by atoms with Crippen LogP contribution in [0.25, 0.3) is 0 Å². The van der Waals surface area contributed by atoms with Gasteiger partial charge in [0.2, 0.25) is 0 Å². The summed E-state index contributed by atoms with van der Waals surface area (Å²) < 4.78 is 12.1. The summed E-state index contributed by atoms with van der Waals surface area (Å²) in [5, 5.41) is 0. The Kier molecular flexibility index (Phi) is 2.92. The van der Waals surface area contributed by atoms with E-state index in [0.29, 0.717) is 0 Å². The lowest BCUT2D eigenvalue weighted by Crippen LogP contribution is -2.00. The largest absolute Gasteiger partial charge is 0.250 e. The number of allylic oxidation sites excluding steroid dienone is 4. The first-order chi connectivity index (χ1) is 5.36. The van der Waals surface area contributed by atoms with Crippen LogP contribution < -0.4 is 0 Å². The summed E-state index contributed by atoms with van der Waals surface area (Å²) in [6, 6.07) is 0. The summed E-state index contributed by atoms with van der Waals surface area (Å²) in [7, 11) is 0. The van der Waals surface area contributed by atoms with E-state index in [9.17, 15) is 4.39 Å². The Hall–Kier alpha value is -1.03. The maximum Gasteiger partial charge on any atom is 0.0960 e. The first-order valence-corrected chi connectivity index (χ1v) is 3.74. The van der Waals surface area contributed by atoms with Gasteiger partial charge in [0.15, 0.2) is 0 Å². The lowest BCUT2D eigenvalue weighted by Gasteiger charge is -2.08. The van der Waals surface area contributed by atoms with Gasteiger partial charge in [-0.3, -0.25) is 4.39 Å². The molecule has 0 radical (unpaired) electrons. The van der Waals surface area contributed by atoms with Crippen molar-refractivity contribution in [1.29, 1.82) is 0 Å². The first-order valence-electron chi connectivity index (χ1n) is 3.74. The molecule has 0 fully saturated rings. The van der Waals surface area contributed by atoms with Gasteiger partial charge in [0.05, 0.1) is 6.67 Å². The highest BCUT2D eigenvalue weighted by atomic mass is 19.1. The van der Waals surface area contributed by atoms with Crippen molar-refractivity contribution >= 4 is 0 Å². The minimum atomic E-state index is -0.264. The maximum atomic E-state index is 12.1. The molecule has 0 amide bonds. The molecule has 0 saturated heterocycles. The van der Waals surface area contributed by atoms with E-state index in [-0.39, 0.29) is 12.6 Å². The highest BCUT2D eigenvalue weighted by Gasteiger charge is 2.05. The Morgan fingerprint density at radius 2 is 2.55 bits per heavy atom. The summed E-state index contributed by atoms with van der Waals surface area (Å²) in [5.74, 6) is 5.82. The van der Waals surface area contributed by atoms with Crippen LogP contribution >= 0.6 is 0 Å². The van der Waals surface area contributed by atoms with Gasteiger partial charge >= 0.3 is 0 Å². The van der Waals surface area contributed by atoms with Crippen molar-refractivity contribution < 1.29 is 4.39 Å². The molecule has 0 nitrogen and oxygen atoms in total. The van der Waals surface area contributed by atoms with Crippen LogP contribution in [0.3, 0.4) is 0 Å². The molecule has 1 unspecified atom stereocenters. The van der Waals surface area contributed by atoms with Crippen molar-refractivity contribution in [3.63, 3.8) is 0 Å². The Labute approximate surface area is 66.8 Å². The van der Waals surface area contributed by atoms with Gasteiger partial charge in [0, 0.05) is 11.5 Å². The molecular formula is C10H11F. The lowest BCUT2D eigenvalue weighted by atomic mass is 9.98. The molecule has 1 aliphatic rings. The zero-order valence-electron chi connectivity index (χ0n) is 6.60. The third-order valence-corrected chi connectivity index (χ3v) is 1.66. The normalized spacial score (nSPS) is 22.0. The quantitative estimate of drug-likeness (QED) is 0.504. The molecule has 1 atom stereocenters. The molecule has 0 aromatic heterocycles. The monoisotopic (exact) mass is 150 g/mol. The number of rotatable bonds is 1. The second kappa shape index (κ2) is 3.98. The standard InChI is InChI=1S/C10H11F/c1-2-3-9-4-6-10(8-11)7-5-9/h4-6,10H,7-8H2,1H3. The molecule has 1 heteroatoms. The maximum absolute atomic E-state index is 12.1. The van der Waals surface area contributed by atoms with Crippen molar-refractivity contribution in [3.8, 4) is 11.8 Å². The fourth-order valence-corrected chi connectivity index (χ4v) is 1.02. The number of alkyl halides is 1. The van der Waals surface area contributed by atoms with Gasteiger partial charge in [-0.2, -0.15) is 0 Å². The van der Waals surface area contributed by atoms with E-state index in [1.165, 1.54) is 0 Å². The average Bonchev–Trinajstić information content (AvgIpc) is 2.07. The van der Waals surface area contributed by atoms with E-state index in [2.05, 4.69) is 11.8 Å². The second-order valence-corrected chi connectivity index (χ2v) is 2.54. The van der Waals surface area contributed by atoms with Crippen molar-refractivity contribution in [3.05, 3.63) is 23.8 Å². The Bertz CT molecular complexity index is 237. The molecule has 58 valence electrons. The summed E-state index contributed by atoms with van der Waals surface area (Å²) in [6.07, 6.45) is 6.56. The van der Waals surface area contributed by atoms with E-state index in [1.807, 2.05) is 18.2 Å². The van der Waals surface area contributed by atoms with Crippen molar-refractivity contribution in [2.45, 2.75) is 13.3 Å². The van der Waals surface area contributed by atoms with Crippen molar-refractivity contribution in [2.24, 2.45) is 5.92 Å². The van der Waals surface area contributed by atoms with Gasteiger partial charge in [0.1, 0.15) is 0 Å². The fourth-order valence-electron chi connectivity index (χ4n) is 1.02. The Morgan fingerprint density at radius 3 is 3.00 bits per heavy atom. The SMILES string of the molecule is CC#CC1=CCC(CF)C=C1. The highest BCUT2D eigenvalue weighted by Crippen LogP contribution is 2.15. The van der Waals surface area contributed by atoms with Gasteiger partial charge in [0.25, 0.3) is 0 Å². The van der Waals surface area contributed by atoms with E-state index >= 15 is 0 Å². The number of halogens is 1. The first kappa shape index (κ1) is 8.07. The van der Waals surface area contributed by atoms with Crippen LogP contribution in [0.4, 0.5) is 4.39 Å². The molecule has 0 aromatic carbocycles. The molecule has 1 aliphatic carbocycles. The lowest BCUT2D eigenvalue weighted by molar-refractivity contribution is 0.411. The van der Waals surface area contributed by atoms with Crippen LogP contribution in [0.15, 0.2) is 23.8 Å². The predicted molar refractivity (Wildman–Crippen MR) is 44.8 cm³/mol. The molecule has 0 spiro atoms. The van der Waals surface area contributed by atoms with Crippen LogP contribution in [-0.4, -0.2) is 6.67 Å². The van der Waals surface area contributed by atoms with Gasteiger partial charge in [-0.05, 0) is 13.3 Å². The Morgan fingerprint density at radius 1 is 1.73 bits per heavy atom. The predicted octanol–water partition coefficient (Wildman–Crippen LogP) is 2.48. The molecule has 0 aliphatic heterocycles. The van der Waals surface area contributed by atoms with E-state index < -0.39 is 0 Å². The number of hydrogen-bond acceptors (Lipinski definition) is 0. The third-order valence-electron chi connectivity index (χ3n) is 1.66. The van der Waals surface area contributed by atoms with Gasteiger partial charge in [-0.1, -0.05) is 24.1 Å². The minimum absolute atomic E-state index is 0.0809. The van der Waals surface area contributed by atoms with Crippen LogP contribution in [0.2, 0.25) is 0 Å². The molecule has 0 saturated carbocycles. The number of hydrogen-bond donors (Lipinski definition) is 0. The summed E-state index contributed by atoms with van der Waals surface area (Å²) >= 11 is 0. The zero-order chi connectivity index (χ0) is 8.10. The van der Waals surface area contributed by atoms with Crippen molar-refractivity contribution in [2.75, 3.05) is 6.67 Å². The second-order valence-electron chi connectivity index (χ2n) is 2.54. The van der Waals surface area contributed by atoms with Crippen LogP contribution in [0, 0.1) is 17.8 Å². The average molecular weight is 150 g/mol. The summed E-state index contributed by atoms with van der Waals surface area (Å²) in [4.78, 5) is 0. The zero-order valence-corrected chi connectivity index (χ0v) is 6.60. The van der Waals surface area contributed by atoms with Crippen LogP contribution in [0.1, 0.15) is 13.3 Å². The third kappa shape index (κ3) is 2.23. The molecule has 0 bridgehead atoms. The van der Waals surface area contributed by atoms with E-state index in [0.717, 1.165) is 12.0 Å². The molecular weight excluding hydrogens is 139 g/mol. The fraction of sp³-hybridized carbons (Fsp3) is 0.400. The van der Waals surface area contributed by atoms with Gasteiger partial charge in [-0.15, -0.1) is 5.92 Å². The Balaban J connectivity index is 2.57. The summed E-state index contributed by atoms with van der Waals surface area (Å²) in [6.45, 7) is 1.54. The molecule has 0 aromatic rings. The van der Waals surface area contributed by atoms with Crippen molar-refractivity contribution in [1.82, 2.24) is 0 Å². The van der Waals surface area contributed by atoms with Crippen LogP contribution in [-0.2, 0) is 0 Å². The van der Waals surface area contributed by atoms with Gasteiger partial charge in [-0.25, -0.2) is 0 Å². The minimum Gasteiger partial charge on any atom is -0.250 e. The topological polar surface area (TPSA) is 0 Å².